The molecule has 1 atom stereocenters. The van der Waals surface area contributed by atoms with Gasteiger partial charge in [-0.05, 0) is 36.8 Å². The first kappa shape index (κ1) is 23.7. The highest BCUT2D eigenvalue weighted by Crippen LogP contribution is 2.35. The Labute approximate surface area is 192 Å². The fraction of sp³-hybridized carbons (Fsp3) is 0.409. The SMILES string of the molecule is CNc1nc(NC(C)c2cc(N)cc(C(F)(F)F)c2)c2cc(N3CCC(F)(F)CC3)ncc2n1. The standard InChI is InChI=1S/C22H24F5N7/c1-12(13-7-14(22(25,26)27)9-15(28)8-13)31-19-16-10-18(34-5-3-21(23,24)4-6-34)30-11-17(16)32-20(29-2)33-19/h7-12H,3-6,28H2,1-2H3,(H2,29,31,32,33). The van der Waals surface area contributed by atoms with Crippen molar-refractivity contribution in [1.29, 1.82) is 0 Å². The van der Waals surface area contributed by atoms with Crippen LogP contribution < -0.4 is 21.3 Å². The average Bonchev–Trinajstić information content (AvgIpc) is 2.77. The van der Waals surface area contributed by atoms with Crippen LogP contribution in [0.3, 0.4) is 0 Å². The molecule has 2 aromatic heterocycles. The Morgan fingerprint density at radius 3 is 2.44 bits per heavy atom. The van der Waals surface area contributed by atoms with Gasteiger partial charge in [-0.2, -0.15) is 18.2 Å². The van der Waals surface area contributed by atoms with E-state index in [1.165, 1.54) is 12.3 Å². The van der Waals surface area contributed by atoms with Gasteiger partial charge < -0.3 is 21.3 Å². The number of alkyl halides is 5. The van der Waals surface area contributed by atoms with Crippen LogP contribution in [0.25, 0.3) is 10.9 Å². The monoisotopic (exact) mass is 481 g/mol. The number of nitrogens with two attached hydrogens (primary N) is 1. The van der Waals surface area contributed by atoms with Crippen molar-refractivity contribution in [2.24, 2.45) is 0 Å². The molecule has 3 heterocycles. The lowest BCUT2D eigenvalue weighted by atomic mass is 10.0. The van der Waals surface area contributed by atoms with Gasteiger partial charge in [0.2, 0.25) is 5.95 Å². The van der Waals surface area contributed by atoms with Gasteiger partial charge in [0.05, 0.1) is 23.3 Å². The molecule has 1 unspecified atom stereocenters. The average molecular weight is 481 g/mol. The molecular weight excluding hydrogens is 457 g/mol. The summed E-state index contributed by atoms with van der Waals surface area (Å²) >= 11 is 0. The van der Waals surface area contributed by atoms with Gasteiger partial charge in [0, 0.05) is 44.1 Å². The highest BCUT2D eigenvalue weighted by molar-refractivity contribution is 5.91. The highest BCUT2D eigenvalue weighted by Gasteiger charge is 2.34. The smallest absolute Gasteiger partial charge is 0.399 e. The number of rotatable bonds is 5. The number of piperidine rings is 1. The first-order valence-electron chi connectivity index (χ1n) is 10.7. The fourth-order valence-electron chi connectivity index (χ4n) is 3.86. The number of aromatic nitrogens is 3. The number of halogens is 5. The van der Waals surface area contributed by atoms with Gasteiger partial charge in [0.1, 0.15) is 11.6 Å². The predicted molar refractivity (Wildman–Crippen MR) is 121 cm³/mol. The molecule has 1 aliphatic rings. The van der Waals surface area contributed by atoms with E-state index in [0.29, 0.717) is 28.1 Å². The second-order valence-corrected chi connectivity index (χ2v) is 8.30. The summed E-state index contributed by atoms with van der Waals surface area (Å²) in [5.74, 6) is -1.53. The number of hydrogen-bond donors (Lipinski definition) is 3. The Bertz CT molecular complexity index is 1190. The molecule has 1 aliphatic heterocycles. The fourth-order valence-corrected chi connectivity index (χ4v) is 3.86. The molecule has 1 aromatic carbocycles. The van der Waals surface area contributed by atoms with E-state index in [9.17, 15) is 22.0 Å². The molecule has 34 heavy (non-hydrogen) atoms. The van der Waals surface area contributed by atoms with Gasteiger partial charge in [-0.3, -0.25) is 0 Å². The Morgan fingerprint density at radius 2 is 1.79 bits per heavy atom. The molecule has 1 saturated heterocycles. The van der Waals surface area contributed by atoms with E-state index in [0.717, 1.165) is 12.1 Å². The number of nitrogens with one attached hydrogen (secondary N) is 2. The highest BCUT2D eigenvalue weighted by atomic mass is 19.4. The lowest BCUT2D eigenvalue weighted by Gasteiger charge is -2.32. The van der Waals surface area contributed by atoms with Crippen molar-refractivity contribution >= 4 is 34.2 Å². The number of benzene rings is 1. The van der Waals surface area contributed by atoms with Crippen molar-refractivity contribution in [3.63, 3.8) is 0 Å². The van der Waals surface area contributed by atoms with Gasteiger partial charge in [-0.15, -0.1) is 0 Å². The molecule has 0 amide bonds. The Balaban J connectivity index is 1.69. The zero-order valence-corrected chi connectivity index (χ0v) is 18.5. The minimum atomic E-state index is -4.53. The summed E-state index contributed by atoms with van der Waals surface area (Å²) in [7, 11) is 1.64. The quantitative estimate of drug-likeness (QED) is 0.346. The maximum Gasteiger partial charge on any atom is 0.416 e. The Hall–Kier alpha value is -3.44. The first-order valence-corrected chi connectivity index (χ1v) is 10.7. The maximum atomic E-state index is 13.6. The van der Waals surface area contributed by atoms with Crippen LogP contribution in [0, 0.1) is 0 Å². The predicted octanol–water partition coefficient (Wildman–Crippen LogP) is 5.08. The molecule has 7 nitrogen and oxygen atoms in total. The third-order valence-electron chi connectivity index (χ3n) is 5.77. The Morgan fingerprint density at radius 1 is 1.09 bits per heavy atom. The summed E-state index contributed by atoms with van der Waals surface area (Å²) in [5.41, 5.74) is 5.69. The van der Waals surface area contributed by atoms with Crippen LogP contribution in [-0.4, -0.2) is 41.0 Å². The molecule has 182 valence electrons. The van der Waals surface area contributed by atoms with E-state index in [-0.39, 0.29) is 37.6 Å². The van der Waals surface area contributed by atoms with E-state index >= 15 is 0 Å². The Kier molecular flexibility index (Phi) is 6.09. The van der Waals surface area contributed by atoms with Gasteiger partial charge >= 0.3 is 6.18 Å². The van der Waals surface area contributed by atoms with Gasteiger partial charge in [-0.25, -0.2) is 18.7 Å². The largest absolute Gasteiger partial charge is 0.416 e. The van der Waals surface area contributed by atoms with E-state index in [2.05, 4.69) is 25.6 Å². The number of anilines is 4. The second-order valence-electron chi connectivity index (χ2n) is 8.30. The zero-order chi connectivity index (χ0) is 24.7. The molecule has 4 N–H and O–H groups in total. The topological polar surface area (TPSA) is 92.0 Å². The van der Waals surface area contributed by atoms with Crippen molar-refractivity contribution in [2.75, 3.05) is 41.4 Å². The number of nitrogens with zero attached hydrogens (tertiary/aromatic N) is 4. The van der Waals surface area contributed by atoms with Crippen LogP contribution in [0.4, 0.5) is 45.2 Å². The summed E-state index contributed by atoms with van der Waals surface area (Å²) in [4.78, 5) is 15.0. The van der Waals surface area contributed by atoms with Gasteiger partial charge in [0.25, 0.3) is 5.92 Å². The normalized spacial score (nSPS) is 17.0. The third kappa shape index (κ3) is 5.05. The van der Waals surface area contributed by atoms with E-state index in [1.807, 2.05) is 0 Å². The summed E-state index contributed by atoms with van der Waals surface area (Å²) in [6.45, 7) is 2.00. The minimum Gasteiger partial charge on any atom is -0.399 e. The van der Waals surface area contributed by atoms with Crippen LogP contribution >= 0.6 is 0 Å². The molecule has 0 bridgehead atoms. The van der Waals surface area contributed by atoms with Crippen molar-refractivity contribution in [3.8, 4) is 0 Å². The third-order valence-corrected chi connectivity index (χ3v) is 5.77. The summed E-state index contributed by atoms with van der Waals surface area (Å²) < 4.78 is 66.9. The molecule has 4 rings (SSSR count). The minimum absolute atomic E-state index is 0.00433. The number of hydrogen-bond acceptors (Lipinski definition) is 7. The molecular formula is C22H24F5N7. The van der Waals surface area contributed by atoms with Crippen molar-refractivity contribution in [1.82, 2.24) is 15.0 Å². The van der Waals surface area contributed by atoms with Crippen LogP contribution in [0.15, 0.2) is 30.5 Å². The zero-order valence-electron chi connectivity index (χ0n) is 18.5. The molecule has 3 aromatic rings. The molecule has 0 aliphatic carbocycles. The number of nitrogen functional groups attached to an aromatic ring is 1. The van der Waals surface area contributed by atoms with E-state index in [1.54, 1.807) is 24.9 Å². The second kappa shape index (κ2) is 8.73. The lowest BCUT2D eigenvalue weighted by Crippen LogP contribution is -2.39. The van der Waals surface area contributed by atoms with Crippen LogP contribution in [0.1, 0.15) is 36.9 Å². The number of pyridine rings is 1. The van der Waals surface area contributed by atoms with Crippen molar-refractivity contribution in [3.05, 3.63) is 41.6 Å². The van der Waals surface area contributed by atoms with Crippen LogP contribution in [0.2, 0.25) is 0 Å². The molecule has 0 radical (unpaired) electrons. The lowest BCUT2D eigenvalue weighted by molar-refractivity contribution is -0.137. The van der Waals surface area contributed by atoms with E-state index in [4.69, 9.17) is 5.73 Å². The number of fused-ring (bicyclic) bond motifs is 1. The van der Waals surface area contributed by atoms with Crippen LogP contribution in [-0.2, 0) is 6.18 Å². The van der Waals surface area contributed by atoms with Gasteiger partial charge in [0.15, 0.2) is 0 Å². The molecule has 0 spiro atoms. The summed E-state index contributed by atoms with van der Waals surface area (Å²) in [6, 6.07) is 4.51. The maximum absolute atomic E-state index is 13.6. The molecule has 0 saturated carbocycles. The molecule has 12 heteroatoms. The van der Waals surface area contributed by atoms with E-state index < -0.39 is 23.7 Å². The van der Waals surface area contributed by atoms with Crippen LogP contribution in [0.5, 0.6) is 0 Å². The summed E-state index contributed by atoms with van der Waals surface area (Å²) in [6.07, 6.45) is -3.53. The van der Waals surface area contributed by atoms with Crippen molar-refractivity contribution in [2.45, 2.75) is 37.9 Å². The molecule has 1 fully saturated rings. The van der Waals surface area contributed by atoms with Crippen molar-refractivity contribution < 1.29 is 22.0 Å². The summed E-state index contributed by atoms with van der Waals surface area (Å²) in [5, 5.41) is 6.55. The first-order chi connectivity index (χ1) is 15.9. The van der Waals surface area contributed by atoms with Gasteiger partial charge in [-0.1, -0.05) is 0 Å².